The van der Waals surface area contributed by atoms with Gasteiger partial charge in [-0.3, -0.25) is 0 Å². The quantitative estimate of drug-likeness (QED) is 0.848. The van der Waals surface area contributed by atoms with Crippen LogP contribution in [-0.4, -0.2) is 6.54 Å². The van der Waals surface area contributed by atoms with Crippen molar-refractivity contribution in [1.82, 2.24) is 5.32 Å². The summed E-state index contributed by atoms with van der Waals surface area (Å²) < 4.78 is 26.1. The van der Waals surface area contributed by atoms with Gasteiger partial charge in [0.2, 0.25) is 0 Å². The molecule has 1 aromatic carbocycles. The van der Waals surface area contributed by atoms with Crippen molar-refractivity contribution in [3.05, 3.63) is 35.4 Å². The zero-order valence-electron chi connectivity index (χ0n) is 10.2. The molecular weight excluding hydrogens is 220 g/mol. The predicted octanol–water partition coefficient (Wildman–Crippen LogP) is 3.49. The molecule has 2 unspecified atom stereocenters. The fourth-order valence-corrected chi connectivity index (χ4v) is 2.58. The van der Waals surface area contributed by atoms with Gasteiger partial charge in [-0.2, -0.15) is 0 Å². The molecule has 2 atom stereocenters. The fraction of sp³-hybridized carbons (Fsp3) is 0.571. The second-order valence-electron chi connectivity index (χ2n) is 5.03. The third-order valence-electron chi connectivity index (χ3n) is 3.78. The highest BCUT2D eigenvalue weighted by atomic mass is 19.1. The second-order valence-corrected chi connectivity index (χ2v) is 5.03. The van der Waals surface area contributed by atoms with E-state index < -0.39 is 11.6 Å². The van der Waals surface area contributed by atoms with Crippen molar-refractivity contribution in [3.63, 3.8) is 0 Å². The van der Waals surface area contributed by atoms with Crippen molar-refractivity contribution in [1.29, 1.82) is 0 Å². The number of hydrogen-bond acceptors (Lipinski definition) is 1. The van der Waals surface area contributed by atoms with Gasteiger partial charge >= 0.3 is 0 Å². The molecule has 1 aromatic rings. The van der Waals surface area contributed by atoms with Crippen LogP contribution in [0.5, 0.6) is 0 Å². The minimum absolute atomic E-state index is 0.461. The molecule has 0 spiro atoms. The lowest BCUT2D eigenvalue weighted by atomic mass is 9.98. The van der Waals surface area contributed by atoms with Crippen LogP contribution in [0, 0.1) is 23.5 Å². The number of rotatable bonds is 4. The molecule has 1 aliphatic rings. The van der Waals surface area contributed by atoms with Crippen LogP contribution in [0.25, 0.3) is 0 Å². The van der Waals surface area contributed by atoms with Crippen LogP contribution in [0.3, 0.4) is 0 Å². The Labute approximate surface area is 101 Å². The highest BCUT2D eigenvalue weighted by Gasteiger charge is 2.22. The van der Waals surface area contributed by atoms with Crippen LogP contribution < -0.4 is 5.32 Å². The lowest BCUT2D eigenvalue weighted by Gasteiger charge is -2.16. The molecule has 0 aliphatic heterocycles. The van der Waals surface area contributed by atoms with E-state index in [2.05, 4.69) is 12.2 Å². The van der Waals surface area contributed by atoms with E-state index in [0.717, 1.165) is 18.5 Å². The summed E-state index contributed by atoms with van der Waals surface area (Å²) >= 11 is 0. The molecule has 1 nitrogen and oxygen atoms in total. The van der Waals surface area contributed by atoms with Gasteiger partial charge in [-0.1, -0.05) is 25.8 Å². The summed E-state index contributed by atoms with van der Waals surface area (Å²) in [5.74, 6) is 0.492. The van der Waals surface area contributed by atoms with Crippen LogP contribution in [0.15, 0.2) is 18.2 Å². The number of hydrogen-bond donors (Lipinski definition) is 1. The number of nitrogens with one attached hydrogen (secondary N) is 1. The Morgan fingerprint density at radius 3 is 2.76 bits per heavy atom. The van der Waals surface area contributed by atoms with Gasteiger partial charge in [-0.25, -0.2) is 8.78 Å². The van der Waals surface area contributed by atoms with E-state index in [-0.39, 0.29) is 0 Å². The van der Waals surface area contributed by atoms with E-state index >= 15 is 0 Å². The molecule has 1 fully saturated rings. The standard InChI is InChI=1S/C14H19F2N/c1-10-3-2-4-11(10)8-17-9-12-5-6-13(15)7-14(12)16/h5-7,10-11,17H,2-4,8-9H2,1H3. The zero-order valence-corrected chi connectivity index (χ0v) is 10.2. The first-order chi connectivity index (χ1) is 8.16. The van der Waals surface area contributed by atoms with Crippen molar-refractivity contribution in [2.45, 2.75) is 32.7 Å². The van der Waals surface area contributed by atoms with E-state index in [0.29, 0.717) is 18.0 Å². The third-order valence-corrected chi connectivity index (χ3v) is 3.78. The highest BCUT2D eigenvalue weighted by Crippen LogP contribution is 2.30. The minimum Gasteiger partial charge on any atom is -0.312 e. The number of halogens is 2. The van der Waals surface area contributed by atoms with Crippen molar-refractivity contribution in [2.24, 2.45) is 11.8 Å². The van der Waals surface area contributed by atoms with Crippen molar-refractivity contribution in [2.75, 3.05) is 6.54 Å². The first kappa shape index (κ1) is 12.5. The summed E-state index contributed by atoms with van der Waals surface area (Å²) in [4.78, 5) is 0. The summed E-state index contributed by atoms with van der Waals surface area (Å²) in [6.07, 6.45) is 3.87. The summed E-state index contributed by atoms with van der Waals surface area (Å²) in [5, 5.41) is 3.27. The van der Waals surface area contributed by atoms with Gasteiger partial charge in [0.15, 0.2) is 0 Å². The summed E-state index contributed by atoms with van der Waals surface area (Å²) in [7, 11) is 0. The zero-order chi connectivity index (χ0) is 12.3. The third kappa shape index (κ3) is 3.25. The number of benzene rings is 1. The van der Waals surface area contributed by atoms with Crippen molar-refractivity contribution in [3.8, 4) is 0 Å². The molecule has 0 aromatic heterocycles. The maximum Gasteiger partial charge on any atom is 0.130 e. The Balaban J connectivity index is 1.81. The second kappa shape index (κ2) is 5.58. The molecule has 94 valence electrons. The molecule has 3 heteroatoms. The van der Waals surface area contributed by atoms with Crippen LogP contribution in [0.1, 0.15) is 31.7 Å². The van der Waals surface area contributed by atoms with Gasteiger partial charge in [0, 0.05) is 18.2 Å². The van der Waals surface area contributed by atoms with Crippen molar-refractivity contribution >= 4 is 0 Å². The van der Waals surface area contributed by atoms with Crippen LogP contribution in [0.4, 0.5) is 8.78 Å². The summed E-state index contributed by atoms with van der Waals surface area (Å²) in [5.41, 5.74) is 0.539. The SMILES string of the molecule is CC1CCCC1CNCc1ccc(F)cc1F. The molecular formula is C14H19F2N. The largest absolute Gasteiger partial charge is 0.312 e. The summed E-state index contributed by atoms with van der Waals surface area (Å²) in [6.45, 7) is 3.69. The van der Waals surface area contributed by atoms with Gasteiger partial charge in [0.1, 0.15) is 11.6 Å². The normalized spacial score (nSPS) is 24.2. The lowest BCUT2D eigenvalue weighted by Crippen LogP contribution is -2.24. The predicted molar refractivity (Wildman–Crippen MR) is 64.6 cm³/mol. The highest BCUT2D eigenvalue weighted by molar-refractivity contribution is 5.18. The van der Waals surface area contributed by atoms with E-state index in [1.807, 2.05) is 0 Å². The average molecular weight is 239 g/mol. The molecule has 0 bridgehead atoms. The Hall–Kier alpha value is -0.960. The molecule has 0 amide bonds. The van der Waals surface area contributed by atoms with Crippen LogP contribution in [0.2, 0.25) is 0 Å². The average Bonchev–Trinajstić information content (AvgIpc) is 2.68. The van der Waals surface area contributed by atoms with Crippen LogP contribution >= 0.6 is 0 Å². The lowest BCUT2D eigenvalue weighted by molar-refractivity contribution is 0.390. The fourth-order valence-electron chi connectivity index (χ4n) is 2.58. The topological polar surface area (TPSA) is 12.0 Å². The maximum atomic E-state index is 13.3. The Morgan fingerprint density at radius 2 is 2.12 bits per heavy atom. The van der Waals surface area contributed by atoms with E-state index in [1.165, 1.54) is 31.4 Å². The first-order valence-electron chi connectivity index (χ1n) is 6.31. The van der Waals surface area contributed by atoms with Gasteiger partial charge in [0.25, 0.3) is 0 Å². The molecule has 0 saturated heterocycles. The molecule has 2 rings (SSSR count). The van der Waals surface area contributed by atoms with Crippen molar-refractivity contribution < 1.29 is 8.78 Å². The van der Waals surface area contributed by atoms with E-state index in [4.69, 9.17) is 0 Å². The molecule has 0 heterocycles. The van der Waals surface area contributed by atoms with Gasteiger partial charge < -0.3 is 5.32 Å². The van der Waals surface area contributed by atoms with E-state index in [1.54, 1.807) is 0 Å². The molecule has 0 radical (unpaired) electrons. The summed E-state index contributed by atoms with van der Waals surface area (Å²) in [6, 6.07) is 3.75. The molecule has 1 saturated carbocycles. The maximum absolute atomic E-state index is 13.3. The molecule has 1 N–H and O–H groups in total. The van der Waals surface area contributed by atoms with E-state index in [9.17, 15) is 8.78 Å². The smallest absolute Gasteiger partial charge is 0.130 e. The first-order valence-corrected chi connectivity index (χ1v) is 6.31. The molecule has 17 heavy (non-hydrogen) atoms. The van der Waals surface area contributed by atoms with Gasteiger partial charge in [-0.15, -0.1) is 0 Å². The van der Waals surface area contributed by atoms with Crippen LogP contribution in [-0.2, 0) is 6.54 Å². The Morgan fingerprint density at radius 1 is 1.29 bits per heavy atom. The van der Waals surface area contributed by atoms with Gasteiger partial charge in [-0.05, 0) is 30.9 Å². The minimum atomic E-state index is -0.518. The molecule has 1 aliphatic carbocycles. The monoisotopic (exact) mass is 239 g/mol. The Kier molecular flexibility index (Phi) is 4.11. The van der Waals surface area contributed by atoms with Gasteiger partial charge in [0.05, 0.1) is 0 Å². The Bertz CT molecular complexity index is 378.